The molecule has 1 aliphatic heterocycles. The third kappa shape index (κ3) is 3.12. The van der Waals surface area contributed by atoms with Crippen LogP contribution in [0.25, 0.3) is 0 Å². The van der Waals surface area contributed by atoms with Crippen molar-refractivity contribution in [2.45, 2.75) is 46.2 Å². The van der Waals surface area contributed by atoms with Gasteiger partial charge < -0.3 is 10.5 Å². The predicted octanol–water partition coefficient (Wildman–Crippen LogP) is 2.95. The number of nitrogen functional groups attached to an aromatic ring is 1. The molecular weight excluding hydrogens is 252 g/mol. The molecule has 0 fully saturated rings. The Hall–Kier alpha value is -1.55. The normalized spacial score (nSPS) is 14.3. The van der Waals surface area contributed by atoms with Crippen LogP contribution in [0.4, 0.5) is 5.69 Å². The minimum absolute atomic E-state index is 0.306. The lowest BCUT2D eigenvalue weighted by Gasteiger charge is -2.13. The lowest BCUT2D eigenvalue weighted by molar-refractivity contribution is 0.0506. The first kappa shape index (κ1) is 14.9. The van der Waals surface area contributed by atoms with Gasteiger partial charge in [0.25, 0.3) is 0 Å². The molecule has 4 nitrogen and oxygen atoms in total. The summed E-state index contributed by atoms with van der Waals surface area (Å²) in [5.74, 6) is -0.306. The molecule has 1 aromatic carbocycles. The van der Waals surface area contributed by atoms with Crippen molar-refractivity contribution in [3.8, 4) is 0 Å². The largest absolute Gasteiger partial charge is 0.462 e. The number of hydrogen-bond acceptors (Lipinski definition) is 4. The molecule has 0 atom stereocenters. The van der Waals surface area contributed by atoms with Crippen molar-refractivity contribution < 1.29 is 9.53 Å². The third-order valence-corrected chi connectivity index (χ3v) is 3.71. The Morgan fingerprint density at radius 2 is 2.10 bits per heavy atom. The molecular formula is C16H24N2O2. The molecule has 1 aromatic rings. The van der Waals surface area contributed by atoms with Crippen molar-refractivity contribution in [1.82, 2.24) is 4.90 Å². The Bertz CT molecular complexity index is 486. The maximum absolute atomic E-state index is 12.0. The van der Waals surface area contributed by atoms with Crippen LogP contribution in [0.5, 0.6) is 0 Å². The maximum Gasteiger partial charge on any atom is 0.340 e. The van der Waals surface area contributed by atoms with E-state index >= 15 is 0 Å². The van der Waals surface area contributed by atoms with Gasteiger partial charge in [0, 0.05) is 13.1 Å². The quantitative estimate of drug-likeness (QED) is 0.641. The van der Waals surface area contributed by atoms with E-state index in [0.717, 1.165) is 31.6 Å². The van der Waals surface area contributed by atoms with Gasteiger partial charge in [0.1, 0.15) is 0 Å². The number of benzene rings is 1. The Morgan fingerprint density at radius 3 is 2.80 bits per heavy atom. The highest BCUT2D eigenvalue weighted by Crippen LogP contribution is 2.30. The number of carbonyl (C=O) groups is 1. The minimum Gasteiger partial charge on any atom is -0.462 e. The van der Waals surface area contributed by atoms with Gasteiger partial charge in [0.15, 0.2) is 0 Å². The summed E-state index contributed by atoms with van der Waals surface area (Å²) in [6, 6.07) is 3.82. The van der Waals surface area contributed by atoms with Crippen LogP contribution in [-0.4, -0.2) is 24.0 Å². The van der Waals surface area contributed by atoms with Crippen LogP contribution >= 0.6 is 0 Å². The summed E-state index contributed by atoms with van der Waals surface area (Å²) in [5, 5.41) is 0. The van der Waals surface area contributed by atoms with Crippen LogP contribution in [0, 0.1) is 0 Å². The second-order valence-electron chi connectivity index (χ2n) is 5.36. The number of nitrogens with zero attached hydrogens (tertiary/aromatic N) is 1. The van der Waals surface area contributed by atoms with E-state index in [1.165, 1.54) is 18.4 Å². The van der Waals surface area contributed by atoms with Crippen molar-refractivity contribution in [3.05, 3.63) is 28.8 Å². The summed E-state index contributed by atoms with van der Waals surface area (Å²) in [7, 11) is 0. The number of fused-ring (bicyclic) bond motifs is 1. The molecule has 0 aliphatic carbocycles. The molecule has 110 valence electrons. The number of hydrogen-bond donors (Lipinski definition) is 1. The van der Waals surface area contributed by atoms with Gasteiger partial charge in [-0.05, 0) is 36.6 Å². The number of anilines is 1. The zero-order valence-electron chi connectivity index (χ0n) is 12.4. The van der Waals surface area contributed by atoms with E-state index in [-0.39, 0.29) is 5.97 Å². The highest BCUT2D eigenvalue weighted by Gasteiger charge is 2.24. The molecule has 0 bridgehead atoms. The van der Waals surface area contributed by atoms with Crippen LogP contribution in [0.15, 0.2) is 12.1 Å². The van der Waals surface area contributed by atoms with Crippen molar-refractivity contribution >= 4 is 11.7 Å². The van der Waals surface area contributed by atoms with Gasteiger partial charge in [0.05, 0.1) is 17.9 Å². The zero-order chi connectivity index (χ0) is 14.5. The first-order valence-electron chi connectivity index (χ1n) is 7.47. The monoisotopic (exact) mass is 276 g/mol. The standard InChI is InChI=1S/C16H24N2O2/c1-3-5-8-18-10-12-6-7-13(15(17)14(12)11-18)16(19)20-9-4-2/h6-7H,3-5,8-11,17H2,1-2H3. The Kier molecular flexibility index (Phi) is 5.01. The molecule has 20 heavy (non-hydrogen) atoms. The Balaban J connectivity index is 2.12. The fourth-order valence-electron chi connectivity index (χ4n) is 2.56. The van der Waals surface area contributed by atoms with E-state index in [1.54, 1.807) is 6.07 Å². The number of unbranched alkanes of at least 4 members (excludes halogenated alkanes) is 1. The lowest BCUT2D eigenvalue weighted by Crippen LogP contribution is -2.17. The summed E-state index contributed by atoms with van der Waals surface area (Å²) in [6.07, 6.45) is 3.21. The third-order valence-electron chi connectivity index (χ3n) is 3.71. The average Bonchev–Trinajstić information content (AvgIpc) is 2.87. The van der Waals surface area contributed by atoms with Crippen LogP contribution in [-0.2, 0) is 17.8 Å². The molecule has 0 saturated carbocycles. The van der Waals surface area contributed by atoms with Gasteiger partial charge in [-0.3, -0.25) is 4.90 Å². The number of rotatable bonds is 6. The minimum atomic E-state index is -0.306. The van der Waals surface area contributed by atoms with Gasteiger partial charge in [-0.2, -0.15) is 0 Å². The molecule has 1 heterocycles. The SMILES string of the molecule is CCCCN1Cc2ccc(C(=O)OCCC)c(N)c2C1. The molecule has 0 aromatic heterocycles. The molecule has 2 rings (SSSR count). The lowest BCUT2D eigenvalue weighted by atomic mass is 10.0. The second kappa shape index (κ2) is 6.75. The van der Waals surface area contributed by atoms with E-state index in [2.05, 4.69) is 11.8 Å². The molecule has 0 radical (unpaired) electrons. The second-order valence-corrected chi connectivity index (χ2v) is 5.36. The first-order valence-corrected chi connectivity index (χ1v) is 7.47. The smallest absolute Gasteiger partial charge is 0.340 e. The van der Waals surface area contributed by atoms with Crippen molar-refractivity contribution in [2.24, 2.45) is 0 Å². The highest BCUT2D eigenvalue weighted by molar-refractivity contribution is 5.96. The van der Waals surface area contributed by atoms with Crippen LogP contribution in [0.3, 0.4) is 0 Å². The van der Waals surface area contributed by atoms with Crippen molar-refractivity contribution in [2.75, 3.05) is 18.9 Å². The fraction of sp³-hybridized carbons (Fsp3) is 0.562. The van der Waals surface area contributed by atoms with Crippen LogP contribution in [0.1, 0.15) is 54.6 Å². The molecule has 1 aliphatic rings. The molecule has 0 unspecified atom stereocenters. The molecule has 4 heteroatoms. The molecule has 0 spiro atoms. The molecule has 0 saturated heterocycles. The highest BCUT2D eigenvalue weighted by atomic mass is 16.5. The molecule has 2 N–H and O–H groups in total. The van der Waals surface area contributed by atoms with E-state index in [4.69, 9.17) is 10.5 Å². The average molecular weight is 276 g/mol. The van der Waals surface area contributed by atoms with Gasteiger partial charge in [-0.15, -0.1) is 0 Å². The predicted molar refractivity (Wildman–Crippen MR) is 80.4 cm³/mol. The van der Waals surface area contributed by atoms with E-state index in [0.29, 0.717) is 17.9 Å². The van der Waals surface area contributed by atoms with Crippen LogP contribution in [0.2, 0.25) is 0 Å². The van der Waals surface area contributed by atoms with Crippen molar-refractivity contribution in [1.29, 1.82) is 0 Å². The number of esters is 1. The Morgan fingerprint density at radius 1 is 1.30 bits per heavy atom. The zero-order valence-corrected chi connectivity index (χ0v) is 12.4. The van der Waals surface area contributed by atoms with Crippen molar-refractivity contribution in [3.63, 3.8) is 0 Å². The van der Waals surface area contributed by atoms with Gasteiger partial charge in [-0.25, -0.2) is 4.79 Å². The number of ether oxygens (including phenoxy) is 1. The first-order chi connectivity index (χ1) is 9.67. The van der Waals surface area contributed by atoms with Gasteiger partial charge in [0.2, 0.25) is 0 Å². The summed E-state index contributed by atoms with van der Waals surface area (Å²) >= 11 is 0. The summed E-state index contributed by atoms with van der Waals surface area (Å²) < 4.78 is 5.18. The molecule has 0 amide bonds. The number of carbonyl (C=O) groups excluding carboxylic acids is 1. The fourth-order valence-corrected chi connectivity index (χ4v) is 2.56. The van der Waals surface area contributed by atoms with Gasteiger partial charge in [-0.1, -0.05) is 26.3 Å². The summed E-state index contributed by atoms with van der Waals surface area (Å²) in [4.78, 5) is 14.3. The van der Waals surface area contributed by atoms with Crippen LogP contribution < -0.4 is 5.73 Å². The maximum atomic E-state index is 12.0. The Labute approximate surface area is 120 Å². The summed E-state index contributed by atoms with van der Waals surface area (Å²) in [5.41, 5.74) is 9.62. The summed E-state index contributed by atoms with van der Waals surface area (Å²) in [6.45, 7) is 7.47. The number of nitrogens with two attached hydrogens (primary N) is 1. The van der Waals surface area contributed by atoms with Gasteiger partial charge >= 0.3 is 5.97 Å². The van der Waals surface area contributed by atoms with E-state index < -0.39 is 0 Å². The van der Waals surface area contributed by atoms with E-state index in [1.807, 2.05) is 13.0 Å². The topological polar surface area (TPSA) is 55.6 Å². The van der Waals surface area contributed by atoms with E-state index in [9.17, 15) is 4.79 Å².